The number of nitrogens with one attached hydrogen (secondary N) is 1. The molecular weight excluding hydrogens is 483 g/mol. The summed E-state index contributed by atoms with van der Waals surface area (Å²) in [6.45, 7) is 0. The van der Waals surface area contributed by atoms with Crippen molar-refractivity contribution in [3.63, 3.8) is 0 Å². The van der Waals surface area contributed by atoms with Crippen LogP contribution in [0.2, 0.25) is 10.0 Å². The summed E-state index contributed by atoms with van der Waals surface area (Å²) in [6, 6.07) is 7.24. The van der Waals surface area contributed by atoms with Crippen LogP contribution in [-0.4, -0.2) is 26.3 Å². The molecule has 0 saturated heterocycles. The molecule has 0 radical (unpaired) electrons. The lowest BCUT2D eigenvalue weighted by Gasteiger charge is -2.43. The Kier molecular flexibility index (Phi) is 4.56. The van der Waals surface area contributed by atoms with Gasteiger partial charge in [-0.05, 0) is 35.9 Å². The maximum atomic E-state index is 13.6. The predicted molar refractivity (Wildman–Crippen MR) is 115 cm³/mol. The topological polar surface area (TPSA) is 121 Å². The normalized spacial score (nSPS) is 17.4. The summed E-state index contributed by atoms with van der Waals surface area (Å²) in [6.07, 6.45) is -0.305. The van der Waals surface area contributed by atoms with Crippen molar-refractivity contribution in [1.82, 2.24) is 14.5 Å². The van der Waals surface area contributed by atoms with E-state index in [9.17, 15) is 23.2 Å². The first-order valence-corrected chi connectivity index (χ1v) is 10.2. The molecule has 5 rings (SSSR count). The summed E-state index contributed by atoms with van der Waals surface area (Å²) < 4.78 is 34.2. The van der Waals surface area contributed by atoms with Gasteiger partial charge < -0.3 is 15.9 Å². The van der Waals surface area contributed by atoms with Gasteiger partial charge in [-0.15, -0.1) is 0 Å². The Labute approximate surface area is 193 Å². The molecule has 3 aromatic rings. The smallest absolute Gasteiger partial charge is 0.370 e. The fourth-order valence-electron chi connectivity index (χ4n) is 4.11. The molecular formula is C20H13Cl2F2N5O4. The molecule has 0 bridgehead atoms. The van der Waals surface area contributed by atoms with Gasteiger partial charge in [0.1, 0.15) is 11.9 Å². The Morgan fingerprint density at radius 3 is 2.39 bits per heavy atom. The number of nitrogens with two attached hydrogens (primary N) is 1. The van der Waals surface area contributed by atoms with Crippen LogP contribution in [0.3, 0.4) is 0 Å². The summed E-state index contributed by atoms with van der Waals surface area (Å²) in [4.78, 5) is 36.0. The number of hydrogen-bond acceptors (Lipinski definition) is 6. The maximum absolute atomic E-state index is 13.6. The van der Waals surface area contributed by atoms with E-state index in [-0.39, 0.29) is 27.2 Å². The van der Waals surface area contributed by atoms with Gasteiger partial charge in [0, 0.05) is 18.5 Å². The molecule has 2 aromatic carbocycles. The lowest BCUT2D eigenvalue weighted by Crippen LogP contribution is -2.53. The van der Waals surface area contributed by atoms with E-state index in [2.05, 4.69) is 10.4 Å². The number of alkyl halides is 2. The third kappa shape index (κ3) is 3.26. The van der Waals surface area contributed by atoms with E-state index < -0.39 is 41.3 Å². The van der Waals surface area contributed by atoms with Crippen molar-refractivity contribution in [3.05, 3.63) is 73.0 Å². The SMILES string of the molecule is Nn1c(=O)cnn(-c2cc(Cl)c(Oc3ccc4c(c3)C3(CC(F)(F)C3)C(=O)N4)c(Cl)c2)c1=O. The van der Waals surface area contributed by atoms with Crippen LogP contribution in [0.25, 0.3) is 5.69 Å². The number of aromatic nitrogens is 3. The Hall–Kier alpha value is -3.44. The number of anilines is 1. The fraction of sp³-hybridized carbons (Fsp3) is 0.200. The number of nitrogen functional groups attached to an aromatic ring is 1. The molecule has 1 spiro atoms. The second kappa shape index (κ2) is 7.03. The molecule has 1 fully saturated rings. The van der Waals surface area contributed by atoms with Crippen LogP contribution in [0.1, 0.15) is 18.4 Å². The Bertz CT molecular complexity index is 1440. The average molecular weight is 496 g/mol. The van der Waals surface area contributed by atoms with Gasteiger partial charge in [-0.1, -0.05) is 23.2 Å². The number of amides is 1. The van der Waals surface area contributed by atoms with Crippen molar-refractivity contribution < 1.29 is 18.3 Å². The monoisotopic (exact) mass is 495 g/mol. The standard InChI is InChI=1S/C20H13Cl2F2N5O4/c21-12-3-9(29-18(32)28(25)15(30)6-26-29)4-13(22)16(12)33-10-1-2-14-11(5-10)19(17(31)27-14)7-20(23,24)8-19/h1-6H,7-8,25H2,(H,27,31). The van der Waals surface area contributed by atoms with Crippen molar-refractivity contribution in [2.45, 2.75) is 24.2 Å². The number of benzene rings is 2. The van der Waals surface area contributed by atoms with Gasteiger partial charge in [0.25, 0.3) is 11.5 Å². The Morgan fingerprint density at radius 1 is 1.09 bits per heavy atom. The van der Waals surface area contributed by atoms with Crippen molar-refractivity contribution in [1.29, 1.82) is 0 Å². The third-order valence-corrected chi connectivity index (χ3v) is 6.23. The lowest BCUT2D eigenvalue weighted by molar-refractivity contribution is -0.152. The number of carbonyl (C=O) groups is 1. The number of hydrogen-bond donors (Lipinski definition) is 2. The Morgan fingerprint density at radius 2 is 1.76 bits per heavy atom. The molecule has 3 N–H and O–H groups in total. The summed E-state index contributed by atoms with van der Waals surface area (Å²) in [5.74, 6) is 2.28. The molecule has 13 heteroatoms. The molecule has 2 heterocycles. The highest BCUT2D eigenvalue weighted by Crippen LogP contribution is 2.58. The van der Waals surface area contributed by atoms with Crippen LogP contribution in [0.4, 0.5) is 14.5 Å². The lowest BCUT2D eigenvalue weighted by atomic mass is 9.62. The largest absolute Gasteiger partial charge is 0.454 e. The van der Waals surface area contributed by atoms with Crippen molar-refractivity contribution in [2.24, 2.45) is 0 Å². The summed E-state index contributed by atoms with van der Waals surface area (Å²) in [5, 5.41) is 6.36. The van der Waals surface area contributed by atoms with Crippen LogP contribution in [0.5, 0.6) is 11.5 Å². The number of ether oxygens (including phenoxy) is 1. The average Bonchev–Trinajstić information content (AvgIpc) is 2.99. The first-order valence-electron chi connectivity index (χ1n) is 9.48. The van der Waals surface area contributed by atoms with Crippen LogP contribution in [0, 0.1) is 0 Å². The highest BCUT2D eigenvalue weighted by atomic mass is 35.5. The minimum Gasteiger partial charge on any atom is -0.454 e. The molecule has 1 aliphatic heterocycles. The molecule has 1 amide bonds. The van der Waals surface area contributed by atoms with Gasteiger partial charge in [-0.25, -0.2) is 13.6 Å². The van der Waals surface area contributed by atoms with Crippen molar-refractivity contribution in [2.75, 3.05) is 11.2 Å². The molecule has 0 atom stereocenters. The van der Waals surface area contributed by atoms with E-state index in [1.807, 2.05) is 0 Å². The summed E-state index contributed by atoms with van der Waals surface area (Å²) in [5.41, 5.74) is -2.02. The summed E-state index contributed by atoms with van der Waals surface area (Å²) >= 11 is 12.6. The molecule has 9 nitrogen and oxygen atoms in total. The van der Waals surface area contributed by atoms with Crippen molar-refractivity contribution in [3.8, 4) is 17.2 Å². The van der Waals surface area contributed by atoms with Gasteiger partial charge in [-0.3, -0.25) is 9.59 Å². The minimum absolute atomic E-state index is 0.000520. The van der Waals surface area contributed by atoms with Crippen LogP contribution in [0.15, 0.2) is 46.1 Å². The quantitative estimate of drug-likeness (QED) is 0.538. The molecule has 0 unspecified atom stereocenters. The van der Waals surface area contributed by atoms with Gasteiger partial charge in [0.05, 0.1) is 21.1 Å². The highest BCUT2D eigenvalue weighted by Gasteiger charge is 2.64. The van der Waals surface area contributed by atoms with E-state index in [0.29, 0.717) is 15.9 Å². The molecule has 33 heavy (non-hydrogen) atoms. The molecule has 1 aliphatic carbocycles. The number of carbonyl (C=O) groups excluding carboxylic acids is 1. The van der Waals surface area contributed by atoms with E-state index in [4.69, 9.17) is 33.8 Å². The first-order chi connectivity index (χ1) is 15.5. The number of rotatable bonds is 3. The van der Waals surface area contributed by atoms with Gasteiger partial charge >= 0.3 is 5.69 Å². The predicted octanol–water partition coefficient (Wildman–Crippen LogP) is 2.83. The third-order valence-electron chi connectivity index (χ3n) is 5.67. The zero-order valence-corrected chi connectivity index (χ0v) is 18.0. The second-order valence-electron chi connectivity index (χ2n) is 7.84. The van der Waals surface area contributed by atoms with Crippen LogP contribution >= 0.6 is 23.2 Å². The maximum Gasteiger partial charge on any atom is 0.370 e. The van der Waals surface area contributed by atoms with Crippen LogP contribution < -0.4 is 27.1 Å². The number of fused-ring (bicyclic) bond motifs is 2. The number of halogens is 4. The van der Waals surface area contributed by atoms with Gasteiger partial charge in [0.15, 0.2) is 5.75 Å². The molecule has 1 saturated carbocycles. The number of nitrogens with zero attached hydrogens (tertiary/aromatic N) is 3. The minimum atomic E-state index is -2.91. The van der Waals surface area contributed by atoms with Crippen molar-refractivity contribution >= 4 is 34.8 Å². The zero-order valence-electron chi connectivity index (χ0n) is 16.4. The molecule has 2 aliphatic rings. The second-order valence-corrected chi connectivity index (χ2v) is 8.66. The van der Waals surface area contributed by atoms with E-state index in [0.717, 1.165) is 10.9 Å². The van der Waals surface area contributed by atoms with Crippen LogP contribution in [-0.2, 0) is 10.2 Å². The fourth-order valence-corrected chi connectivity index (χ4v) is 4.67. The highest BCUT2D eigenvalue weighted by molar-refractivity contribution is 6.37. The van der Waals surface area contributed by atoms with Gasteiger partial charge in [0.2, 0.25) is 5.91 Å². The zero-order chi connectivity index (χ0) is 23.7. The Balaban J connectivity index is 1.49. The van der Waals surface area contributed by atoms with E-state index in [1.54, 1.807) is 6.07 Å². The molecule has 1 aromatic heterocycles. The van der Waals surface area contributed by atoms with E-state index in [1.165, 1.54) is 24.3 Å². The molecule has 170 valence electrons. The first kappa shape index (κ1) is 21.4. The summed E-state index contributed by atoms with van der Waals surface area (Å²) in [7, 11) is 0. The van der Waals surface area contributed by atoms with Gasteiger partial charge in [-0.2, -0.15) is 14.5 Å². The van der Waals surface area contributed by atoms with E-state index >= 15 is 0 Å².